The highest BCUT2D eigenvalue weighted by molar-refractivity contribution is 9.09. The van der Waals surface area contributed by atoms with E-state index < -0.39 is 0 Å². The van der Waals surface area contributed by atoms with Gasteiger partial charge in [-0.1, -0.05) is 33.6 Å². The van der Waals surface area contributed by atoms with Gasteiger partial charge in [0.15, 0.2) is 0 Å². The zero-order chi connectivity index (χ0) is 9.68. The van der Waals surface area contributed by atoms with Crippen molar-refractivity contribution in [1.29, 1.82) is 0 Å². The molecule has 1 aromatic rings. The Morgan fingerprint density at radius 2 is 2.08 bits per heavy atom. The number of hydrogen-bond acceptors (Lipinski definition) is 1. The van der Waals surface area contributed by atoms with Crippen molar-refractivity contribution >= 4 is 27.7 Å². The normalized spacial score (nSPS) is 10.4. The maximum Gasteiger partial charge on any atom is 0.0104 e. The zero-order valence-corrected chi connectivity index (χ0v) is 10.5. The Bertz CT molecular complexity index is 271. The molecular weight excluding hydrogens is 244 g/mol. The first-order valence-electron chi connectivity index (χ1n) is 4.50. The molecule has 0 saturated carbocycles. The van der Waals surface area contributed by atoms with Gasteiger partial charge in [0.1, 0.15) is 0 Å². The van der Waals surface area contributed by atoms with Crippen LogP contribution in [0.3, 0.4) is 0 Å². The van der Waals surface area contributed by atoms with E-state index in [1.165, 1.54) is 28.2 Å². The first-order valence-corrected chi connectivity index (χ1v) is 6.61. The average Bonchev–Trinajstić information content (AvgIpc) is 2.11. The lowest BCUT2D eigenvalue weighted by molar-refractivity contribution is 1.13. The molecule has 13 heavy (non-hydrogen) atoms. The molecule has 0 aliphatic rings. The minimum absolute atomic E-state index is 1.10. The standard InChI is InChI=1S/C11H15BrS/c1-9-4-5-10(2)11(8-9)13-7-3-6-12/h4-5,8H,3,6-7H2,1-2H3. The second-order valence-electron chi connectivity index (χ2n) is 3.16. The first kappa shape index (κ1) is 11.1. The van der Waals surface area contributed by atoms with Crippen molar-refractivity contribution in [3.05, 3.63) is 29.3 Å². The summed E-state index contributed by atoms with van der Waals surface area (Å²) in [4.78, 5) is 1.43. The molecule has 0 atom stereocenters. The van der Waals surface area contributed by atoms with E-state index in [1.54, 1.807) is 0 Å². The van der Waals surface area contributed by atoms with Crippen LogP contribution in [0.15, 0.2) is 23.1 Å². The van der Waals surface area contributed by atoms with E-state index in [0.29, 0.717) is 0 Å². The van der Waals surface area contributed by atoms with E-state index in [0.717, 1.165) is 5.33 Å². The van der Waals surface area contributed by atoms with E-state index >= 15 is 0 Å². The van der Waals surface area contributed by atoms with Crippen LogP contribution in [0, 0.1) is 13.8 Å². The van der Waals surface area contributed by atoms with Gasteiger partial charge in [0, 0.05) is 10.2 Å². The van der Waals surface area contributed by atoms with Crippen molar-refractivity contribution in [2.75, 3.05) is 11.1 Å². The van der Waals surface area contributed by atoms with Crippen molar-refractivity contribution in [2.24, 2.45) is 0 Å². The summed E-state index contributed by atoms with van der Waals surface area (Å²) in [7, 11) is 0. The number of rotatable bonds is 4. The van der Waals surface area contributed by atoms with E-state index in [1.807, 2.05) is 11.8 Å². The lowest BCUT2D eigenvalue weighted by atomic mass is 10.2. The van der Waals surface area contributed by atoms with Gasteiger partial charge < -0.3 is 0 Å². The molecule has 0 unspecified atom stereocenters. The fourth-order valence-corrected chi connectivity index (χ4v) is 2.82. The molecule has 0 amide bonds. The minimum Gasteiger partial charge on any atom is -0.126 e. The molecule has 0 nitrogen and oxygen atoms in total. The summed E-state index contributed by atoms with van der Waals surface area (Å²) in [6, 6.07) is 6.64. The summed E-state index contributed by atoms with van der Waals surface area (Å²) >= 11 is 5.40. The molecule has 0 fully saturated rings. The third-order valence-corrected chi connectivity index (χ3v) is 3.68. The SMILES string of the molecule is Cc1ccc(C)c(SCCCBr)c1. The van der Waals surface area contributed by atoms with Crippen molar-refractivity contribution in [3.8, 4) is 0 Å². The van der Waals surface area contributed by atoms with Gasteiger partial charge in [-0.15, -0.1) is 11.8 Å². The van der Waals surface area contributed by atoms with E-state index in [9.17, 15) is 0 Å². The fraction of sp³-hybridized carbons (Fsp3) is 0.455. The number of halogens is 1. The number of hydrogen-bond donors (Lipinski definition) is 0. The third-order valence-electron chi connectivity index (χ3n) is 1.88. The van der Waals surface area contributed by atoms with Gasteiger partial charge >= 0.3 is 0 Å². The molecule has 2 heteroatoms. The molecule has 72 valence electrons. The number of thioether (sulfide) groups is 1. The lowest BCUT2D eigenvalue weighted by Gasteiger charge is -2.05. The lowest BCUT2D eigenvalue weighted by Crippen LogP contribution is -1.85. The monoisotopic (exact) mass is 258 g/mol. The number of alkyl halides is 1. The molecule has 1 rings (SSSR count). The maximum absolute atomic E-state index is 3.44. The Labute approximate surface area is 93.2 Å². The molecule has 0 aliphatic heterocycles. The summed E-state index contributed by atoms with van der Waals surface area (Å²) in [6.07, 6.45) is 1.23. The Morgan fingerprint density at radius 3 is 2.77 bits per heavy atom. The third kappa shape index (κ3) is 3.74. The van der Waals surface area contributed by atoms with Crippen LogP contribution in [-0.4, -0.2) is 11.1 Å². The predicted octanol–water partition coefficient (Wildman–Crippen LogP) is 4.18. The maximum atomic E-state index is 3.44. The molecule has 0 aromatic heterocycles. The van der Waals surface area contributed by atoms with Gasteiger partial charge in [-0.3, -0.25) is 0 Å². The second-order valence-corrected chi connectivity index (χ2v) is 5.09. The van der Waals surface area contributed by atoms with Gasteiger partial charge in [-0.2, -0.15) is 0 Å². The zero-order valence-electron chi connectivity index (χ0n) is 8.14. The van der Waals surface area contributed by atoms with Crippen LogP contribution in [0.25, 0.3) is 0 Å². The van der Waals surface area contributed by atoms with Gasteiger partial charge in [-0.05, 0) is 37.7 Å². The van der Waals surface area contributed by atoms with Gasteiger partial charge in [-0.25, -0.2) is 0 Å². The van der Waals surface area contributed by atoms with Crippen LogP contribution in [0.5, 0.6) is 0 Å². The molecular formula is C11H15BrS. The Kier molecular flexibility index (Phi) is 4.89. The van der Waals surface area contributed by atoms with Crippen LogP contribution in [0.1, 0.15) is 17.5 Å². The number of aryl methyl sites for hydroxylation is 2. The highest BCUT2D eigenvalue weighted by Gasteiger charge is 1.98. The summed E-state index contributed by atoms with van der Waals surface area (Å²) in [5.74, 6) is 1.20. The molecule has 0 bridgehead atoms. The molecule has 0 N–H and O–H groups in total. The summed E-state index contributed by atoms with van der Waals surface area (Å²) in [5, 5.41) is 1.10. The summed E-state index contributed by atoms with van der Waals surface area (Å²) in [5.41, 5.74) is 2.75. The van der Waals surface area contributed by atoms with Crippen molar-refractivity contribution in [1.82, 2.24) is 0 Å². The molecule has 0 heterocycles. The van der Waals surface area contributed by atoms with Gasteiger partial charge in [0.05, 0.1) is 0 Å². The highest BCUT2D eigenvalue weighted by Crippen LogP contribution is 2.24. The van der Waals surface area contributed by atoms with Crippen LogP contribution < -0.4 is 0 Å². The topological polar surface area (TPSA) is 0 Å². The van der Waals surface area contributed by atoms with E-state index in [4.69, 9.17) is 0 Å². The Morgan fingerprint density at radius 1 is 1.31 bits per heavy atom. The van der Waals surface area contributed by atoms with Crippen molar-refractivity contribution in [2.45, 2.75) is 25.2 Å². The quantitative estimate of drug-likeness (QED) is 0.444. The Hall–Kier alpha value is 0.0500. The highest BCUT2D eigenvalue weighted by atomic mass is 79.9. The van der Waals surface area contributed by atoms with Crippen molar-refractivity contribution in [3.63, 3.8) is 0 Å². The second kappa shape index (κ2) is 5.71. The van der Waals surface area contributed by atoms with E-state index in [-0.39, 0.29) is 0 Å². The van der Waals surface area contributed by atoms with Gasteiger partial charge in [0.2, 0.25) is 0 Å². The molecule has 0 saturated heterocycles. The van der Waals surface area contributed by atoms with Crippen LogP contribution >= 0.6 is 27.7 Å². The largest absolute Gasteiger partial charge is 0.126 e. The first-order chi connectivity index (χ1) is 6.24. The minimum atomic E-state index is 1.10. The average molecular weight is 259 g/mol. The molecule has 0 aliphatic carbocycles. The summed E-state index contributed by atoms with van der Waals surface area (Å²) < 4.78 is 0. The molecule has 0 radical (unpaired) electrons. The fourth-order valence-electron chi connectivity index (χ4n) is 1.10. The van der Waals surface area contributed by atoms with Crippen LogP contribution in [-0.2, 0) is 0 Å². The van der Waals surface area contributed by atoms with Gasteiger partial charge in [0.25, 0.3) is 0 Å². The number of benzene rings is 1. The Balaban J connectivity index is 2.59. The predicted molar refractivity (Wildman–Crippen MR) is 65.1 cm³/mol. The van der Waals surface area contributed by atoms with Crippen molar-refractivity contribution < 1.29 is 0 Å². The van der Waals surface area contributed by atoms with Crippen LogP contribution in [0.2, 0.25) is 0 Å². The molecule has 0 spiro atoms. The van der Waals surface area contributed by atoms with E-state index in [2.05, 4.69) is 48.0 Å². The molecule has 1 aromatic carbocycles. The smallest absolute Gasteiger partial charge is 0.0104 e. The van der Waals surface area contributed by atoms with Crippen LogP contribution in [0.4, 0.5) is 0 Å². The summed E-state index contributed by atoms with van der Waals surface area (Å²) in [6.45, 7) is 4.32.